The molecular formula is HCeClLaPr. The first-order valence-corrected chi connectivity index (χ1v) is 0. The van der Waals surface area contributed by atoms with Crippen LogP contribution in [0.4, 0.5) is 0 Å². The van der Waals surface area contributed by atoms with Gasteiger partial charge in [-0.25, -0.2) is 0 Å². The standard InChI is InChI=1S/Ce.ClH.La.Pr/h;1H;;. The van der Waals surface area contributed by atoms with Crippen molar-refractivity contribution in [2.24, 2.45) is 0 Å². The van der Waals surface area contributed by atoms with E-state index in [1.165, 1.54) is 0 Å². The first-order valence-electron chi connectivity index (χ1n) is 0. The SMILES string of the molecule is Cl.[Ce].[La].[Pr]. The van der Waals surface area contributed by atoms with Crippen molar-refractivity contribution >= 4 is 12.4 Å². The van der Waals surface area contributed by atoms with Crippen LogP contribution in [0.15, 0.2) is 0 Å². The fourth-order valence-corrected chi connectivity index (χ4v) is 0. The van der Waals surface area contributed by atoms with Crippen LogP contribution in [0.25, 0.3) is 0 Å². The molecule has 0 saturated carbocycles. The molecule has 0 aromatic heterocycles. The molecule has 0 fully saturated rings. The van der Waals surface area contributed by atoms with Crippen molar-refractivity contribution < 1.29 is 119 Å². The average molecular weight is 456 g/mol. The smallest absolute Gasteiger partial charge is 0 e. The van der Waals surface area contributed by atoms with Crippen molar-refractivity contribution in [1.82, 2.24) is 0 Å². The second-order valence-electron chi connectivity index (χ2n) is 0. The molecular weight excluding hydrogens is 455 g/mol. The predicted molar refractivity (Wildman–Crippen MR) is 7.25 cm³/mol. The summed E-state index contributed by atoms with van der Waals surface area (Å²) >= 11 is 0. The minimum atomic E-state index is 0. The van der Waals surface area contributed by atoms with E-state index in [4.69, 9.17) is 0 Å². The van der Waals surface area contributed by atoms with Crippen LogP contribution in [-0.2, 0) is 0 Å². The summed E-state index contributed by atoms with van der Waals surface area (Å²) in [5.41, 5.74) is 0. The first kappa shape index (κ1) is 24.1. The van der Waals surface area contributed by atoms with E-state index in [1.807, 2.05) is 0 Å². The fourth-order valence-electron chi connectivity index (χ4n) is 0. The van der Waals surface area contributed by atoms with Crippen LogP contribution in [0.2, 0.25) is 0 Å². The maximum Gasteiger partial charge on any atom is 0 e. The minimum absolute atomic E-state index is 0. The molecule has 0 unspecified atom stereocenters. The second-order valence-corrected chi connectivity index (χ2v) is 0. The molecule has 0 aliphatic heterocycles. The summed E-state index contributed by atoms with van der Waals surface area (Å²) in [5.74, 6) is 0. The zero-order valence-corrected chi connectivity index (χ0v) is 13.3. The van der Waals surface area contributed by atoms with Crippen LogP contribution in [0.5, 0.6) is 0 Å². The molecule has 4 heteroatoms. The summed E-state index contributed by atoms with van der Waals surface area (Å²) < 4.78 is 0. The summed E-state index contributed by atoms with van der Waals surface area (Å²) in [6, 6.07) is 0. The van der Waals surface area contributed by atoms with Crippen molar-refractivity contribution in [1.29, 1.82) is 0 Å². The Bertz CT molecular complexity index is 8.00. The van der Waals surface area contributed by atoms with Gasteiger partial charge in [0.15, 0.2) is 0 Å². The van der Waals surface area contributed by atoms with Crippen molar-refractivity contribution in [2.45, 2.75) is 0 Å². The van der Waals surface area contributed by atoms with Gasteiger partial charge < -0.3 is 0 Å². The summed E-state index contributed by atoms with van der Waals surface area (Å²) in [4.78, 5) is 0. The van der Waals surface area contributed by atoms with Crippen molar-refractivity contribution in [3.05, 3.63) is 0 Å². The molecule has 0 N–H and O–H groups in total. The van der Waals surface area contributed by atoms with Gasteiger partial charge in [0.05, 0.1) is 0 Å². The number of hydrogen-bond acceptors (Lipinski definition) is 0. The maximum atomic E-state index is 0. The molecule has 0 aromatic rings. The molecule has 0 aliphatic rings. The molecule has 0 aliphatic carbocycles. The first-order chi connectivity index (χ1) is 0. The van der Waals surface area contributed by atoms with Gasteiger partial charge >= 0.3 is 0 Å². The Morgan fingerprint density at radius 2 is 1.00 bits per heavy atom. The Labute approximate surface area is 127 Å². The van der Waals surface area contributed by atoms with Crippen molar-refractivity contribution in [3.63, 3.8) is 0 Å². The Morgan fingerprint density at radius 3 is 1.00 bits per heavy atom. The van der Waals surface area contributed by atoms with Gasteiger partial charge in [0.1, 0.15) is 0 Å². The third-order valence-electron chi connectivity index (χ3n) is 0. The van der Waals surface area contributed by atoms with E-state index in [1.54, 1.807) is 0 Å². The normalized spacial score (nSPS) is 0. The molecule has 0 rings (SSSR count). The predicted octanol–water partition coefficient (Wildman–Crippen LogP) is 0.422. The van der Waals surface area contributed by atoms with E-state index in [0.717, 1.165) is 0 Å². The van der Waals surface area contributed by atoms with Gasteiger partial charge in [-0.15, -0.1) is 12.4 Å². The van der Waals surface area contributed by atoms with Crippen LogP contribution in [0, 0.1) is 119 Å². The zero-order chi connectivity index (χ0) is 0. The Balaban J connectivity index is 0. The van der Waals surface area contributed by atoms with Gasteiger partial charge in [0.2, 0.25) is 0 Å². The summed E-state index contributed by atoms with van der Waals surface area (Å²) in [5, 5.41) is 0. The molecule has 0 heterocycles. The average Bonchev–Trinajstić information content (AvgIpc) is 0. The number of rotatable bonds is 0. The maximum absolute atomic E-state index is 0. The topological polar surface area (TPSA) is 0 Å². The summed E-state index contributed by atoms with van der Waals surface area (Å²) in [7, 11) is 0. The molecule has 0 saturated heterocycles. The van der Waals surface area contributed by atoms with Crippen LogP contribution < -0.4 is 0 Å². The quantitative estimate of drug-likeness (QED) is 0.496. The molecule has 0 atom stereocenters. The third kappa shape index (κ3) is 9.52. The molecule has 0 bridgehead atoms. The summed E-state index contributed by atoms with van der Waals surface area (Å²) in [6.07, 6.45) is 0. The van der Waals surface area contributed by atoms with Gasteiger partial charge in [-0.1, -0.05) is 0 Å². The van der Waals surface area contributed by atoms with Crippen molar-refractivity contribution in [2.75, 3.05) is 0 Å². The molecule has 0 amide bonds. The van der Waals surface area contributed by atoms with Crippen LogP contribution >= 0.6 is 12.4 Å². The summed E-state index contributed by atoms with van der Waals surface area (Å²) in [6.45, 7) is 0. The number of halogens is 1. The minimum Gasteiger partial charge on any atom is -0.147 e. The Kier molecular flexibility index (Phi) is 94.3. The molecule has 18 valence electrons. The molecule has 0 nitrogen and oxygen atoms in total. The fraction of sp³-hybridized carbons (Fsp3) is 0. The van der Waals surface area contributed by atoms with E-state index in [2.05, 4.69) is 0 Å². The van der Waals surface area contributed by atoms with Gasteiger partial charge in [0.25, 0.3) is 0 Å². The molecule has 4 heavy (non-hydrogen) atoms. The van der Waals surface area contributed by atoms with E-state index in [0.29, 0.717) is 0 Å². The van der Waals surface area contributed by atoms with Gasteiger partial charge in [-0.2, -0.15) is 0 Å². The van der Waals surface area contributed by atoms with Crippen LogP contribution in [0.1, 0.15) is 0 Å². The van der Waals surface area contributed by atoms with Gasteiger partial charge in [-0.3, -0.25) is 0 Å². The molecule has 0 spiro atoms. The van der Waals surface area contributed by atoms with E-state index in [-0.39, 0.29) is 131 Å². The largest absolute Gasteiger partial charge is 0.147 e. The van der Waals surface area contributed by atoms with Crippen LogP contribution in [-0.4, -0.2) is 0 Å². The van der Waals surface area contributed by atoms with E-state index < -0.39 is 0 Å². The van der Waals surface area contributed by atoms with E-state index in [9.17, 15) is 0 Å². The second kappa shape index (κ2) is 15.7. The molecule has 0 aromatic carbocycles. The van der Waals surface area contributed by atoms with Gasteiger partial charge in [0, 0.05) is 119 Å². The van der Waals surface area contributed by atoms with Crippen LogP contribution in [0.3, 0.4) is 0 Å². The van der Waals surface area contributed by atoms with Gasteiger partial charge in [-0.05, 0) is 0 Å². The Hall–Kier alpha value is 4.23. The zero-order valence-electron chi connectivity index (χ0n) is 2.06. The molecule has 2 radical (unpaired) electrons. The Morgan fingerprint density at radius 1 is 1.00 bits per heavy atom. The van der Waals surface area contributed by atoms with E-state index >= 15 is 0 Å². The van der Waals surface area contributed by atoms with Crippen molar-refractivity contribution in [3.8, 4) is 0 Å². The third-order valence-corrected chi connectivity index (χ3v) is 0. The monoisotopic (exact) mass is 456 g/mol. The number of hydrogen-bond donors (Lipinski definition) is 0.